The number of nitrogens with zero attached hydrogens (tertiary/aromatic N) is 2. The predicted molar refractivity (Wildman–Crippen MR) is 188 cm³/mol. The molecule has 0 radical (unpaired) electrons. The molecular weight excluding hydrogens is 749 g/mol. The van der Waals surface area contributed by atoms with E-state index in [1.165, 1.54) is 56.7 Å². The number of carbonyl (C=O) groups excluding carboxylic acids is 2. The first-order valence-electron chi connectivity index (χ1n) is 14.7. The molecule has 4 N–H and O–H groups in total. The molecule has 0 spiro atoms. The zero-order valence-corrected chi connectivity index (χ0v) is 34.2. The average Bonchev–Trinajstić information content (AvgIpc) is 3.09. The molecule has 0 atom stereocenters. The molecular formula is C34H25N5Na2O10S2. The molecule has 0 bridgehead atoms. The third-order valence-electron chi connectivity index (χ3n) is 7.85. The normalized spacial score (nSPS) is 15.2. The molecule has 260 valence electrons. The molecule has 0 heterocycles. The summed E-state index contributed by atoms with van der Waals surface area (Å²) in [6.07, 6.45) is 1.97. The SMILES string of the molecule is COc1cc(-c2ccc(NN=C3C(=O)c4ccc(N)cc4C=C3S(=O)(=O)[O-])c(OC)c2)ccc1NN=C1C=C(S(=O)(=O)[O-])c2ccccc2C1=O.[Na+].[Na+]. The molecule has 0 saturated carbocycles. The van der Waals surface area contributed by atoms with Crippen LogP contribution in [0.1, 0.15) is 31.8 Å². The third kappa shape index (κ3) is 8.65. The summed E-state index contributed by atoms with van der Waals surface area (Å²) in [5.41, 5.74) is 12.5. The zero-order valence-electron chi connectivity index (χ0n) is 28.5. The van der Waals surface area contributed by atoms with Crippen LogP contribution in [0.5, 0.6) is 11.5 Å². The zero-order chi connectivity index (χ0) is 36.7. The van der Waals surface area contributed by atoms with E-state index in [1.54, 1.807) is 36.4 Å². The maximum Gasteiger partial charge on any atom is 1.00 e. The number of ether oxygens (including phenoxy) is 2. The van der Waals surface area contributed by atoms with Crippen LogP contribution in [-0.4, -0.2) is 63.2 Å². The van der Waals surface area contributed by atoms with Gasteiger partial charge in [0.25, 0.3) is 0 Å². The van der Waals surface area contributed by atoms with Crippen molar-refractivity contribution in [2.75, 3.05) is 30.8 Å². The Morgan fingerprint density at radius 1 is 0.642 bits per heavy atom. The Hall–Kier alpha value is -4.14. The van der Waals surface area contributed by atoms with E-state index in [0.717, 1.165) is 12.2 Å². The smallest absolute Gasteiger partial charge is 0.744 e. The Bertz CT molecular complexity index is 2520. The van der Waals surface area contributed by atoms with Crippen molar-refractivity contribution < 1.29 is 104 Å². The fourth-order valence-corrected chi connectivity index (χ4v) is 6.76. The van der Waals surface area contributed by atoms with Crippen molar-refractivity contribution in [1.82, 2.24) is 0 Å². The molecule has 2 aliphatic rings. The topological polar surface area (TPSA) is 242 Å². The van der Waals surface area contributed by atoms with Gasteiger partial charge in [0.15, 0.2) is 0 Å². The van der Waals surface area contributed by atoms with Gasteiger partial charge >= 0.3 is 59.1 Å². The Labute approximate surface area is 348 Å². The number of fused-ring (bicyclic) bond motifs is 2. The van der Waals surface area contributed by atoms with Crippen molar-refractivity contribution in [3.8, 4) is 22.6 Å². The summed E-state index contributed by atoms with van der Waals surface area (Å²) < 4.78 is 83.0. The maximum atomic E-state index is 13.2. The number of hydrogen-bond acceptors (Lipinski definition) is 15. The van der Waals surface area contributed by atoms with Crippen LogP contribution in [-0.2, 0) is 20.2 Å². The van der Waals surface area contributed by atoms with Crippen LogP contribution >= 0.6 is 0 Å². The number of rotatable bonds is 9. The number of benzene rings is 4. The number of allylic oxidation sites excluding steroid dienone is 2. The molecule has 0 fully saturated rings. The number of Topliss-reactive ketones (excluding diaryl/α,β-unsaturated/α-hetero) is 2. The van der Waals surface area contributed by atoms with Crippen molar-refractivity contribution >= 4 is 71.3 Å². The summed E-state index contributed by atoms with van der Waals surface area (Å²) in [5.74, 6) is -0.856. The summed E-state index contributed by atoms with van der Waals surface area (Å²) in [6.45, 7) is 0. The summed E-state index contributed by atoms with van der Waals surface area (Å²) in [6, 6.07) is 19.9. The Kier molecular flexibility index (Phi) is 12.9. The van der Waals surface area contributed by atoms with Gasteiger partial charge in [-0.1, -0.05) is 36.4 Å². The summed E-state index contributed by atoms with van der Waals surface area (Å²) in [5, 5.41) is 8.06. The maximum absolute atomic E-state index is 13.2. The second-order valence-electron chi connectivity index (χ2n) is 11.0. The van der Waals surface area contributed by atoms with E-state index < -0.39 is 47.3 Å². The van der Waals surface area contributed by atoms with Crippen LogP contribution in [0.2, 0.25) is 0 Å². The Morgan fingerprint density at radius 3 is 1.74 bits per heavy atom. The van der Waals surface area contributed by atoms with Crippen molar-refractivity contribution in [2.24, 2.45) is 10.2 Å². The molecule has 0 unspecified atom stereocenters. The number of nitrogens with two attached hydrogens (primary N) is 1. The quantitative estimate of drug-likeness (QED) is 0.0727. The van der Waals surface area contributed by atoms with Crippen molar-refractivity contribution in [1.29, 1.82) is 0 Å². The van der Waals surface area contributed by atoms with Crippen LogP contribution in [0.25, 0.3) is 22.1 Å². The third-order valence-corrected chi connectivity index (χ3v) is 9.58. The van der Waals surface area contributed by atoms with E-state index >= 15 is 0 Å². The fourth-order valence-electron chi connectivity index (χ4n) is 5.41. The predicted octanol–water partition coefficient (Wildman–Crippen LogP) is -1.94. The molecule has 19 heteroatoms. The molecule has 53 heavy (non-hydrogen) atoms. The second kappa shape index (κ2) is 16.5. The van der Waals surface area contributed by atoms with Crippen LogP contribution in [0.4, 0.5) is 17.1 Å². The monoisotopic (exact) mass is 773 g/mol. The summed E-state index contributed by atoms with van der Waals surface area (Å²) in [7, 11) is -7.24. The van der Waals surface area contributed by atoms with Crippen molar-refractivity contribution in [3.63, 3.8) is 0 Å². The van der Waals surface area contributed by atoms with E-state index in [1.807, 2.05) is 0 Å². The Balaban J connectivity index is 0.00000314. The van der Waals surface area contributed by atoms with E-state index in [4.69, 9.17) is 15.2 Å². The number of nitrogen functional groups attached to an aromatic ring is 1. The number of nitrogens with one attached hydrogen (secondary N) is 2. The number of carbonyl (C=O) groups is 2. The molecule has 4 aromatic rings. The number of hydrazone groups is 2. The first-order chi connectivity index (χ1) is 24.2. The van der Waals surface area contributed by atoms with Gasteiger partial charge in [-0.2, -0.15) is 10.2 Å². The van der Waals surface area contributed by atoms with Crippen LogP contribution in [0.15, 0.2) is 100 Å². The van der Waals surface area contributed by atoms with Crippen molar-refractivity contribution in [2.45, 2.75) is 0 Å². The van der Waals surface area contributed by atoms with Crippen LogP contribution in [0.3, 0.4) is 0 Å². The standard InChI is InChI=1S/C34H27N5O10S2.2Na/c1-48-28-14-18(7-11-25(28)36-38-27-17-30(50(42,43)44)23-5-3-4-6-24(23)33(27)40)19-8-12-26(29(15-19)49-2)37-39-32-31(51(45,46)47)16-20-13-21(35)9-10-22(20)34(32)41;;/h3-17,36-37H,35H2,1-2H3,(H,42,43,44)(H,45,46,47);;/q;2*+1/p-2. The molecule has 4 aromatic carbocycles. The molecule has 2 aliphatic carbocycles. The minimum Gasteiger partial charge on any atom is -0.744 e. The van der Waals surface area contributed by atoms with Gasteiger partial charge in [0.1, 0.15) is 43.2 Å². The van der Waals surface area contributed by atoms with Gasteiger partial charge in [-0.05, 0) is 71.3 Å². The molecule has 15 nitrogen and oxygen atoms in total. The van der Waals surface area contributed by atoms with Gasteiger partial charge in [0, 0.05) is 22.4 Å². The summed E-state index contributed by atoms with van der Waals surface area (Å²) >= 11 is 0. The van der Waals surface area contributed by atoms with Gasteiger partial charge in [-0.3, -0.25) is 20.4 Å². The first kappa shape index (κ1) is 41.6. The van der Waals surface area contributed by atoms with Gasteiger partial charge in [-0.15, -0.1) is 0 Å². The van der Waals surface area contributed by atoms with Gasteiger partial charge in [-0.25, -0.2) is 16.8 Å². The number of ketones is 2. The van der Waals surface area contributed by atoms with E-state index in [0.29, 0.717) is 16.8 Å². The minimum absolute atomic E-state index is 0. The van der Waals surface area contributed by atoms with Crippen LogP contribution in [0, 0.1) is 0 Å². The molecule has 0 amide bonds. The Morgan fingerprint density at radius 2 is 1.19 bits per heavy atom. The van der Waals surface area contributed by atoms with Gasteiger partial charge in [0.05, 0.1) is 35.4 Å². The average molecular weight is 774 g/mol. The minimum atomic E-state index is -5.10. The molecule has 6 rings (SSSR count). The number of hydrogen-bond donors (Lipinski definition) is 3. The number of methoxy groups -OCH3 is 2. The fraction of sp³-hybridized carbons (Fsp3) is 0.0588. The molecule has 0 aromatic heterocycles. The number of anilines is 3. The van der Waals surface area contributed by atoms with E-state index in [2.05, 4.69) is 21.1 Å². The van der Waals surface area contributed by atoms with Gasteiger partial charge < -0.3 is 24.3 Å². The van der Waals surface area contributed by atoms with Crippen molar-refractivity contribution in [3.05, 3.63) is 112 Å². The largest absolute Gasteiger partial charge is 1.00 e. The van der Waals surface area contributed by atoms with E-state index in [-0.39, 0.29) is 110 Å². The van der Waals surface area contributed by atoms with E-state index in [9.17, 15) is 35.5 Å². The van der Waals surface area contributed by atoms with Crippen LogP contribution < -0.4 is 85.2 Å². The first-order valence-corrected chi connectivity index (χ1v) is 17.5. The molecule has 0 saturated heterocycles. The molecule has 0 aliphatic heterocycles. The second-order valence-corrected chi connectivity index (χ2v) is 13.7. The summed E-state index contributed by atoms with van der Waals surface area (Å²) in [4.78, 5) is 24.8. The van der Waals surface area contributed by atoms with Gasteiger partial charge in [0.2, 0.25) is 11.6 Å².